The molecule has 0 amide bonds. The van der Waals surface area contributed by atoms with Crippen molar-refractivity contribution in [2.24, 2.45) is 0 Å². The van der Waals surface area contributed by atoms with Gasteiger partial charge in [-0.25, -0.2) is 9.50 Å². The molecule has 4 aromatic rings. The maximum absolute atomic E-state index is 4.30. The molecular formula is C24H31N5S. The average molecular weight is 422 g/mol. The summed E-state index contributed by atoms with van der Waals surface area (Å²) in [6.07, 6.45) is 10.9. The number of thiophene rings is 1. The third-order valence-corrected chi connectivity index (χ3v) is 7.63. The lowest BCUT2D eigenvalue weighted by Crippen LogP contribution is -2.33. The van der Waals surface area contributed by atoms with Crippen molar-refractivity contribution in [2.45, 2.75) is 77.8 Å². The van der Waals surface area contributed by atoms with Crippen molar-refractivity contribution in [3.63, 3.8) is 0 Å². The van der Waals surface area contributed by atoms with Gasteiger partial charge in [0.1, 0.15) is 11.2 Å². The van der Waals surface area contributed by atoms with Crippen molar-refractivity contribution in [1.29, 1.82) is 0 Å². The van der Waals surface area contributed by atoms with E-state index in [-0.39, 0.29) is 0 Å². The fraction of sp³-hybridized carbons (Fsp3) is 0.500. The molecule has 2 atom stereocenters. The highest BCUT2D eigenvalue weighted by atomic mass is 32.1. The van der Waals surface area contributed by atoms with Gasteiger partial charge in [0.2, 0.25) is 0 Å². The third-order valence-electron chi connectivity index (χ3n) is 6.62. The van der Waals surface area contributed by atoms with Crippen molar-refractivity contribution < 1.29 is 0 Å². The largest absolute Gasteiger partial charge is 0.346 e. The van der Waals surface area contributed by atoms with Gasteiger partial charge in [0.25, 0.3) is 0 Å². The summed E-state index contributed by atoms with van der Waals surface area (Å²) in [5, 5.41) is 11.5. The van der Waals surface area contributed by atoms with Gasteiger partial charge >= 0.3 is 0 Å². The number of hydrogen-bond acceptors (Lipinski definition) is 4. The second-order valence-corrected chi connectivity index (χ2v) is 10.1. The molecule has 158 valence electrons. The van der Waals surface area contributed by atoms with Crippen LogP contribution in [0, 0.1) is 13.8 Å². The molecule has 6 rings (SSSR count). The van der Waals surface area contributed by atoms with Crippen molar-refractivity contribution >= 4 is 27.2 Å². The van der Waals surface area contributed by atoms with Crippen LogP contribution < -0.4 is 5.32 Å². The van der Waals surface area contributed by atoms with Gasteiger partial charge in [-0.1, -0.05) is 20.3 Å². The average Bonchev–Trinajstić information content (AvgIpc) is 3.48. The van der Waals surface area contributed by atoms with Crippen LogP contribution in [0.3, 0.4) is 0 Å². The second kappa shape index (κ2) is 7.82. The lowest BCUT2D eigenvalue weighted by atomic mass is 9.96. The van der Waals surface area contributed by atoms with Crippen LogP contribution in [0.1, 0.15) is 68.6 Å². The Bertz CT molecular complexity index is 1170. The van der Waals surface area contributed by atoms with Gasteiger partial charge in [-0.3, -0.25) is 0 Å². The van der Waals surface area contributed by atoms with E-state index in [0.717, 1.165) is 23.3 Å². The standard InChI is InChI=1S/C17H18N4S.C7H13N/c1-9(2)13-14-11(4)7-22-17(14)20-15(13)12-5-10(3)16-18-8-19-21(16)6-12;1-2-6-4-5-7(3-1)8-6/h5-9,20H,1-4H3;6-8H,1-5H2/t;6-,7?/m.1/s1. The first-order valence-corrected chi connectivity index (χ1v) is 12.0. The second-order valence-electron chi connectivity index (χ2n) is 9.20. The van der Waals surface area contributed by atoms with Crippen molar-refractivity contribution in [3.8, 4) is 11.3 Å². The number of hydrogen-bond donors (Lipinski definition) is 2. The van der Waals surface area contributed by atoms with Gasteiger partial charge in [-0.05, 0) is 73.6 Å². The third kappa shape index (κ3) is 3.46. The number of aromatic amines is 1. The van der Waals surface area contributed by atoms with Crippen LogP contribution in [-0.2, 0) is 0 Å². The number of fused-ring (bicyclic) bond motifs is 4. The SMILES string of the molecule is C1CC2CC[C@@H](C1)N2.Cc1csc2[nH]c(-c3cc(C)c4ncnn4c3)c(C(C)C)c12. The van der Waals surface area contributed by atoms with E-state index >= 15 is 0 Å². The number of nitrogens with one attached hydrogen (secondary N) is 2. The van der Waals surface area contributed by atoms with Gasteiger partial charge in [0.15, 0.2) is 5.65 Å². The Morgan fingerprint density at radius 2 is 1.87 bits per heavy atom. The number of rotatable bonds is 2. The van der Waals surface area contributed by atoms with Crippen LogP contribution in [-0.4, -0.2) is 31.7 Å². The Morgan fingerprint density at radius 3 is 2.57 bits per heavy atom. The summed E-state index contributed by atoms with van der Waals surface area (Å²) in [4.78, 5) is 9.18. The van der Waals surface area contributed by atoms with E-state index in [4.69, 9.17) is 0 Å². The molecule has 2 saturated heterocycles. The number of pyridine rings is 1. The van der Waals surface area contributed by atoms with E-state index in [1.165, 1.54) is 64.7 Å². The smallest absolute Gasteiger partial charge is 0.158 e. The molecule has 4 aromatic heterocycles. The number of aryl methyl sites for hydroxylation is 2. The van der Waals surface area contributed by atoms with Crippen LogP contribution in [0.4, 0.5) is 0 Å². The zero-order valence-corrected chi connectivity index (χ0v) is 19.1. The van der Waals surface area contributed by atoms with E-state index in [9.17, 15) is 0 Å². The number of nitrogens with zero attached hydrogens (tertiary/aromatic N) is 3. The predicted octanol–water partition coefficient (Wildman–Crippen LogP) is 5.97. The first-order chi connectivity index (χ1) is 14.5. The highest BCUT2D eigenvalue weighted by Gasteiger charge is 2.26. The molecule has 0 spiro atoms. The summed E-state index contributed by atoms with van der Waals surface area (Å²) in [6.45, 7) is 8.78. The van der Waals surface area contributed by atoms with E-state index in [1.54, 1.807) is 17.7 Å². The zero-order chi connectivity index (χ0) is 20.8. The minimum Gasteiger partial charge on any atom is -0.346 e. The molecule has 2 aliphatic heterocycles. The lowest BCUT2D eigenvalue weighted by molar-refractivity contribution is 0.406. The molecule has 2 bridgehead atoms. The molecule has 1 unspecified atom stereocenters. The summed E-state index contributed by atoms with van der Waals surface area (Å²) >= 11 is 1.78. The maximum atomic E-state index is 4.30. The highest BCUT2D eigenvalue weighted by molar-refractivity contribution is 7.17. The molecule has 2 N–H and O–H groups in total. The Morgan fingerprint density at radius 1 is 1.10 bits per heavy atom. The molecular weight excluding hydrogens is 390 g/mol. The van der Waals surface area contributed by atoms with Crippen molar-refractivity contribution in [1.82, 2.24) is 24.9 Å². The van der Waals surface area contributed by atoms with Crippen LogP contribution >= 0.6 is 11.3 Å². The molecule has 6 heterocycles. The van der Waals surface area contributed by atoms with Crippen LogP contribution in [0.2, 0.25) is 0 Å². The normalized spacial score (nSPS) is 20.8. The number of piperidine rings is 1. The molecule has 0 radical (unpaired) electrons. The predicted molar refractivity (Wildman–Crippen MR) is 126 cm³/mol. The van der Waals surface area contributed by atoms with Gasteiger partial charge in [0, 0.05) is 29.2 Å². The highest BCUT2D eigenvalue weighted by Crippen LogP contribution is 2.40. The van der Waals surface area contributed by atoms with Gasteiger partial charge in [0.05, 0.1) is 5.69 Å². The lowest BCUT2D eigenvalue weighted by Gasteiger charge is -2.19. The monoisotopic (exact) mass is 421 g/mol. The summed E-state index contributed by atoms with van der Waals surface area (Å²) in [5.74, 6) is 0.462. The Balaban J connectivity index is 0.000000200. The van der Waals surface area contributed by atoms with E-state index in [2.05, 4.69) is 65.7 Å². The summed E-state index contributed by atoms with van der Waals surface area (Å²) in [5.41, 5.74) is 7.18. The molecule has 2 fully saturated rings. The fourth-order valence-electron chi connectivity index (χ4n) is 5.18. The molecule has 0 aliphatic carbocycles. The Kier molecular flexibility index (Phi) is 5.15. The van der Waals surface area contributed by atoms with Crippen LogP contribution in [0.5, 0.6) is 0 Å². The topological polar surface area (TPSA) is 58.0 Å². The van der Waals surface area contributed by atoms with Crippen LogP contribution in [0.15, 0.2) is 24.0 Å². The van der Waals surface area contributed by atoms with Crippen molar-refractivity contribution in [3.05, 3.63) is 40.7 Å². The molecule has 2 aliphatic rings. The van der Waals surface area contributed by atoms with Crippen LogP contribution in [0.25, 0.3) is 27.1 Å². The van der Waals surface area contributed by atoms with Gasteiger partial charge in [-0.2, -0.15) is 5.10 Å². The minimum atomic E-state index is 0.462. The molecule has 0 saturated carbocycles. The first-order valence-electron chi connectivity index (χ1n) is 11.2. The summed E-state index contributed by atoms with van der Waals surface area (Å²) in [6, 6.07) is 4.02. The Labute approximate surface area is 181 Å². The molecule has 5 nitrogen and oxygen atoms in total. The summed E-state index contributed by atoms with van der Waals surface area (Å²) < 4.78 is 1.86. The van der Waals surface area contributed by atoms with Gasteiger partial charge < -0.3 is 10.3 Å². The maximum Gasteiger partial charge on any atom is 0.158 e. The van der Waals surface area contributed by atoms with Crippen molar-refractivity contribution in [2.75, 3.05) is 0 Å². The number of H-pyrrole nitrogens is 1. The first kappa shape index (κ1) is 19.8. The van der Waals surface area contributed by atoms with E-state index < -0.39 is 0 Å². The van der Waals surface area contributed by atoms with E-state index in [0.29, 0.717) is 5.92 Å². The van der Waals surface area contributed by atoms with Gasteiger partial charge in [-0.15, -0.1) is 11.3 Å². The number of aromatic nitrogens is 4. The fourth-order valence-corrected chi connectivity index (χ4v) is 6.14. The summed E-state index contributed by atoms with van der Waals surface area (Å²) in [7, 11) is 0. The van der Waals surface area contributed by atoms with E-state index in [1.807, 2.05) is 4.52 Å². The minimum absolute atomic E-state index is 0.462. The Hall–Kier alpha value is -2.18. The molecule has 6 heteroatoms. The molecule has 30 heavy (non-hydrogen) atoms. The zero-order valence-electron chi connectivity index (χ0n) is 18.3. The quantitative estimate of drug-likeness (QED) is 0.419. The molecule has 0 aromatic carbocycles.